The van der Waals surface area contributed by atoms with Crippen LogP contribution in [0, 0.1) is 11.3 Å². The maximum Gasteiger partial charge on any atom is 0.325 e. The zero-order valence-corrected chi connectivity index (χ0v) is 8.84. The SMILES string of the molecule is COC(=O)CNc1ccc(C#N)c(Cl)c1. The smallest absolute Gasteiger partial charge is 0.325 e. The summed E-state index contributed by atoms with van der Waals surface area (Å²) in [6.07, 6.45) is 0. The van der Waals surface area contributed by atoms with Gasteiger partial charge >= 0.3 is 5.97 Å². The van der Waals surface area contributed by atoms with Gasteiger partial charge in [0.25, 0.3) is 0 Å². The minimum atomic E-state index is -0.365. The summed E-state index contributed by atoms with van der Waals surface area (Å²) in [6.45, 7) is 0.0682. The lowest BCUT2D eigenvalue weighted by molar-refractivity contribution is -0.138. The van der Waals surface area contributed by atoms with Gasteiger partial charge in [0.1, 0.15) is 12.6 Å². The van der Waals surface area contributed by atoms with Crippen molar-refractivity contribution in [2.24, 2.45) is 0 Å². The number of nitrogens with one attached hydrogen (secondary N) is 1. The number of nitrogens with zero attached hydrogens (tertiary/aromatic N) is 1. The summed E-state index contributed by atoms with van der Waals surface area (Å²) in [5.74, 6) is -0.365. The topological polar surface area (TPSA) is 62.1 Å². The van der Waals surface area contributed by atoms with Gasteiger partial charge in [0.15, 0.2) is 0 Å². The molecule has 0 heterocycles. The quantitative estimate of drug-likeness (QED) is 0.796. The third-order valence-corrected chi connectivity index (χ3v) is 2.07. The van der Waals surface area contributed by atoms with E-state index in [0.29, 0.717) is 16.3 Å². The highest BCUT2D eigenvalue weighted by Crippen LogP contribution is 2.19. The monoisotopic (exact) mass is 224 g/mol. The molecule has 1 N–H and O–H groups in total. The van der Waals surface area contributed by atoms with Crippen LogP contribution in [0.1, 0.15) is 5.56 Å². The van der Waals surface area contributed by atoms with Crippen molar-refractivity contribution in [3.05, 3.63) is 28.8 Å². The van der Waals surface area contributed by atoms with Gasteiger partial charge < -0.3 is 10.1 Å². The van der Waals surface area contributed by atoms with Crippen molar-refractivity contribution in [1.29, 1.82) is 5.26 Å². The molecular formula is C10H9ClN2O2. The average molecular weight is 225 g/mol. The van der Waals surface area contributed by atoms with Gasteiger partial charge in [-0.2, -0.15) is 5.26 Å². The summed E-state index contributed by atoms with van der Waals surface area (Å²) >= 11 is 5.80. The molecule has 0 saturated carbocycles. The lowest BCUT2D eigenvalue weighted by atomic mass is 10.2. The van der Waals surface area contributed by atoms with E-state index in [2.05, 4.69) is 10.1 Å². The van der Waals surface area contributed by atoms with E-state index in [1.165, 1.54) is 7.11 Å². The summed E-state index contributed by atoms with van der Waals surface area (Å²) in [5.41, 5.74) is 1.07. The Morgan fingerprint density at radius 1 is 1.67 bits per heavy atom. The molecule has 0 radical (unpaired) electrons. The molecule has 0 aliphatic carbocycles. The van der Waals surface area contributed by atoms with E-state index in [1.807, 2.05) is 6.07 Å². The van der Waals surface area contributed by atoms with Crippen LogP contribution in [0.25, 0.3) is 0 Å². The molecule has 0 fully saturated rings. The first-order chi connectivity index (χ1) is 7.17. The van der Waals surface area contributed by atoms with Crippen LogP contribution >= 0.6 is 11.6 Å². The Labute approximate surface area is 92.4 Å². The van der Waals surface area contributed by atoms with Gasteiger partial charge in [-0.3, -0.25) is 4.79 Å². The Kier molecular flexibility index (Phi) is 3.95. The predicted octanol–water partition coefficient (Wildman–Crippen LogP) is 1.80. The van der Waals surface area contributed by atoms with Crippen LogP contribution in [0.15, 0.2) is 18.2 Å². The first-order valence-corrected chi connectivity index (χ1v) is 4.55. The molecule has 0 amide bonds. The number of nitriles is 1. The zero-order chi connectivity index (χ0) is 11.3. The van der Waals surface area contributed by atoms with Crippen LogP contribution in [0.3, 0.4) is 0 Å². The highest BCUT2D eigenvalue weighted by Gasteiger charge is 2.02. The highest BCUT2D eigenvalue weighted by atomic mass is 35.5. The van der Waals surface area contributed by atoms with Crippen LogP contribution in [0.2, 0.25) is 5.02 Å². The predicted molar refractivity (Wildman–Crippen MR) is 56.7 cm³/mol. The number of carbonyl (C=O) groups excluding carboxylic acids is 1. The van der Waals surface area contributed by atoms with Crippen LogP contribution in [-0.4, -0.2) is 19.6 Å². The van der Waals surface area contributed by atoms with E-state index in [0.717, 1.165) is 0 Å². The van der Waals surface area contributed by atoms with E-state index in [-0.39, 0.29) is 12.5 Å². The average Bonchev–Trinajstić information content (AvgIpc) is 2.26. The lowest BCUT2D eigenvalue weighted by Gasteiger charge is -2.05. The summed E-state index contributed by atoms with van der Waals surface area (Å²) in [7, 11) is 1.32. The molecule has 0 aliphatic heterocycles. The second-order valence-electron chi connectivity index (χ2n) is 2.74. The number of methoxy groups -OCH3 is 1. The van der Waals surface area contributed by atoms with E-state index in [1.54, 1.807) is 18.2 Å². The molecule has 78 valence electrons. The minimum absolute atomic E-state index is 0.0682. The fourth-order valence-electron chi connectivity index (χ4n) is 0.962. The molecule has 1 aromatic rings. The Bertz CT molecular complexity index is 412. The van der Waals surface area contributed by atoms with Gasteiger partial charge in [-0.25, -0.2) is 0 Å². The molecule has 1 aromatic carbocycles. The first-order valence-electron chi connectivity index (χ1n) is 4.17. The zero-order valence-electron chi connectivity index (χ0n) is 8.08. The summed E-state index contributed by atoms with van der Waals surface area (Å²) in [6, 6.07) is 6.79. The number of carbonyl (C=O) groups is 1. The summed E-state index contributed by atoms with van der Waals surface area (Å²) in [5, 5.41) is 11.8. The van der Waals surface area contributed by atoms with E-state index >= 15 is 0 Å². The van der Waals surface area contributed by atoms with Gasteiger partial charge in [0, 0.05) is 5.69 Å². The third-order valence-electron chi connectivity index (χ3n) is 1.75. The number of anilines is 1. The standard InChI is InChI=1S/C10H9ClN2O2/c1-15-10(14)6-13-8-3-2-7(5-12)9(11)4-8/h2-4,13H,6H2,1H3. The van der Waals surface area contributed by atoms with E-state index in [9.17, 15) is 4.79 Å². The van der Waals surface area contributed by atoms with Gasteiger partial charge in [0.05, 0.1) is 17.7 Å². The third kappa shape index (κ3) is 3.15. The molecular weight excluding hydrogens is 216 g/mol. The van der Waals surface area contributed by atoms with Crippen LogP contribution in [-0.2, 0) is 9.53 Å². The Morgan fingerprint density at radius 2 is 2.40 bits per heavy atom. The number of rotatable bonds is 3. The van der Waals surface area contributed by atoms with E-state index in [4.69, 9.17) is 16.9 Å². The number of hydrogen-bond acceptors (Lipinski definition) is 4. The Balaban J connectivity index is 2.68. The largest absolute Gasteiger partial charge is 0.468 e. The molecule has 0 aromatic heterocycles. The molecule has 0 saturated heterocycles. The molecule has 0 bridgehead atoms. The van der Waals surface area contributed by atoms with Crippen molar-refractivity contribution in [2.75, 3.05) is 19.0 Å². The van der Waals surface area contributed by atoms with Crippen molar-refractivity contribution in [3.63, 3.8) is 0 Å². The molecule has 0 atom stereocenters. The van der Waals surface area contributed by atoms with Crippen molar-refractivity contribution < 1.29 is 9.53 Å². The van der Waals surface area contributed by atoms with Gasteiger partial charge in [0.2, 0.25) is 0 Å². The first kappa shape index (κ1) is 11.3. The normalized spacial score (nSPS) is 9.13. The fourth-order valence-corrected chi connectivity index (χ4v) is 1.18. The number of benzene rings is 1. The van der Waals surface area contributed by atoms with Crippen molar-refractivity contribution >= 4 is 23.3 Å². The Hall–Kier alpha value is -1.73. The maximum absolute atomic E-state index is 10.8. The number of esters is 1. The maximum atomic E-state index is 10.8. The van der Waals surface area contributed by atoms with E-state index < -0.39 is 0 Å². The number of hydrogen-bond donors (Lipinski definition) is 1. The molecule has 1 rings (SSSR count). The molecule has 5 heteroatoms. The highest BCUT2D eigenvalue weighted by molar-refractivity contribution is 6.32. The lowest BCUT2D eigenvalue weighted by Crippen LogP contribution is -2.14. The van der Waals surface area contributed by atoms with Gasteiger partial charge in [-0.05, 0) is 18.2 Å². The molecule has 0 unspecified atom stereocenters. The number of halogens is 1. The summed E-state index contributed by atoms with van der Waals surface area (Å²) in [4.78, 5) is 10.8. The number of ether oxygens (including phenoxy) is 1. The van der Waals surface area contributed by atoms with Crippen molar-refractivity contribution in [1.82, 2.24) is 0 Å². The molecule has 0 aliphatic rings. The van der Waals surface area contributed by atoms with Crippen LogP contribution in [0.4, 0.5) is 5.69 Å². The molecule has 15 heavy (non-hydrogen) atoms. The summed E-state index contributed by atoms with van der Waals surface area (Å²) < 4.78 is 4.46. The fraction of sp³-hybridized carbons (Fsp3) is 0.200. The van der Waals surface area contributed by atoms with Gasteiger partial charge in [-0.1, -0.05) is 11.6 Å². The molecule has 0 spiro atoms. The van der Waals surface area contributed by atoms with Gasteiger partial charge in [-0.15, -0.1) is 0 Å². The Morgan fingerprint density at radius 3 is 2.93 bits per heavy atom. The minimum Gasteiger partial charge on any atom is -0.468 e. The second-order valence-corrected chi connectivity index (χ2v) is 3.14. The molecule has 4 nitrogen and oxygen atoms in total. The van der Waals surface area contributed by atoms with Crippen molar-refractivity contribution in [3.8, 4) is 6.07 Å². The van der Waals surface area contributed by atoms with Crippen LogP contribution < -0.4 is 5.32 Å². The second kappa shape index (κ2) is 5.23. The van der Waals surface area contributed by atoms with Crippen molar-refractivity contribution in [2.45, 2.75) is 0 Å². The van der Waals surface area contributed by atoms with Crippen LogP contribution in [0.5, 0.6) is 0 Å².